The molecule has 1 N–H and O–H groups in total. The van der Waals surface area contributed by atoms with Crippen LogP contribution in [0, 0.1) is 17.5 Å². The molecule has 0 aliphatic rings. The topological polar surface area (TPSA) is 55.1 Å². The van der Waals surface area contributed by atoms with Gasteiger partial charge in [-0.05, 0) is 28.8 Å². The normalized spacial score (nSPS) is 11.5. The maximum Gasteiger partial charge on any atom is 0.323 e. The van der Waals surface area contributed by atoms with E-state index in [0.717, 1.165) is 38.9 Å². The molecule has 8 heteroatoms. The van der Waals surface area contributed by atoms with Crippen LogP contribution in [0.3, 0.4) is 0 Å². The molecular formula is C24H15F3N2O2S. The Bertz CT molecular complexity index is 1490. The van der Waals surface area contributed by atoms with Crippen molar-refractivity contribution in [3.63, 3.8) is 0 Å². The maximum atomic E-state index is 14.1. The Morgan fingerprint density at radius 3 is 2.53 bits per heavy atom. The van der Waals surface area contributed by atoms with Gasteiger partial charge in [0.05, 0.1) is 9.71 Å². The summed E-state index contributed by atoms with van der Waals surface area (Å²) in [5, 5.41) is 10.5. The van der Waals surface area contributed by atoms with Crippen LogP contribution in [-0.2, 0) is 17.8 Å². The standard InChI is InChI=1S/C24H15F3N2O2S/c25-17-10-18(26)24-23(22(17)27)28-20(32-24)9-15-11-29(12-21(30)31)19-7-6-14(8-16(15)19)13-4-2-1-3-5-13/h1-8,10-11H,9,12H2,(H,30,31). The monoisotopic (exact) mass is 452 g/mol. The van der Waals surface area contributed by atoms with Gasteiger partial charge < -0.3 is 9.67 Å². The fourth-order valence-corrected chi connectivity index (χ4v) is 4.85. The second-order valence-electron chi connectivity index (χ2n) is 7.39. The Kier molecular flexibility index (Phi) is 4.94. The third-order valence-electron chi connectivity index (χ3n) is 5.28. The predicted octanol–water partition coefficient (Wildman–Crippen LogP) is 6.01. The Morgan fingerprint density at radius 1 is 1.00 bits per heavy atom. The lowest BCUT2D eigenvalue weighted by atomic mass is 10.0. The van der Waals surface area contributed by atoms with Crippen LogP contribution in [0.1, 0.15) is 10.6 Å². The molecule has 2 heterocycles. The largest absolute Gasteiger partial charge is 0.480 e. The summed E-state index contributed by atoms with van der Waals surface area (Å²) in [5.74, 6) is -4.30. The van der Waals surface area contributed by atoms with E-state index in [2.05, 4.69) is 4.98 Å². The highest BCUT2D eigenvalue weighted by Gasteiger charge is 2.19. The van der Waals surface area contributed by atoms with Crippen molar-refractivity contribution in [3.05, 3.63) is 88.8 Å². The summed E-state index contributed by atoms with van der Waals surface area (Å²) >= 11 is 0.956. The number of hydrogen-bond acceptors (Lipinski definition) is 3. The van der Waals surface area contributed by atoms with Crippen LogP contribution < -0.4 is 0 Å². The van der Waals surface area contributed by atoms with Gasteiger partial charge in [-0.15, -0.1) is 11.3 Å². The van der Waals surface area contributed by atoms with Crippen molar-refractivity contribution in [3.8, 4) is 11.1 Å². The summed E-state index contributed by atoms with van der Waals surface area (Å²) in [5.41, 5.74) is 3.12. The summed E-state index contributed by atoms with van der Waals surface area (Å²) in [4.78, 5) is 15.5. The van der Waals surface area contributed by atoms with E-state index in [-0.39, 0.29) is 23.2 Å². The molecule has 32 heavy (non-hydrogen) atoms. The number of carboxylic acids is 1. The van der Waals surface area contributed by atoms with Gasteiger partial charge in [0.1, 0.15) is 17.9 Å². The first-order chi connectivity index (χ1) is 15.4. The van der Waals surface area contributed by atoms with Gasteiger partial charge >= 0.3 is 5.97 Å². The SMILES string of the molecule is O=C(O)Cn1cc(Cc2nc3c(F)c(F)cc(F)c3s2)c2cc(-c3ccccc3)ccc21. The zero-order valence-electron chi connectivity index (χ0n) is 16.5. The molecule has 0 radical (unpaired) electrons. The molecule has 160 valence electrons. The van der Waals surface area contributed by atoms with Crippen LogP contribution in [-0.4, -0.2) is 20.6 Å². The second kappa shape index (κ2) is 7.80. The van der Waals surface area contributed by atoms with E-state index in [1.807, 2.05) is 48.5 Å². The van der Waals surface area contributed by atoms with Crippen molar-refractivity contribution >= 4 is 38.4 Å². The van der Waals surface area contributed by atoms with Gasteiger partial charge in [-0.3, -0.25) is 4.79 Å². The number of carbonyl (C=O) groups is 1. The van der Waals surface area contributed by atoms with Gasteiger partial charge in [0, 0.05) is 29.6 Å². The van der Waals surface area contributed by atoms with Crippen molar-refractivity contribution in [2.45, 2.75) is 13.0 Å². The number of rotatable bonds is 5. The minimum atomic E-state index is -1.28. The molecule has 0 amide bonds. The average Bonchev–Trinajstić information content (AvgIpc) is 3.35. The van der Waals surface area contributed by atoms with Crippen LogP contribution in [0.4, 0.5) is 13.2 Å². The van der Waals surface area contributed by atoms with Crippen LogP contribution >= 0.6 is 11.3 Å². The molecule has 0 spiro atoms. The zero-order valence-corrected chi connectivity index (χ0v) is 17.3. The highest BCUT2D eigenvalue weighted by atomic mass is 32.1. The van der Waals surface area contributed by atoms with E-state index in [9.17, 15) is 23.1 Å². The molecule has 0 aliphatic carbocycles. The predicted molar refractivity (Wildman–Crippen MR) is 117 cm³/mol. The Labute approximate surface area is 184 Å². The smallest absolute Gasteiger partial charge is 0.323 e. The van der Waals surface area contributed by atoms with Crippen LogP contribution in [0.25, 0.3) is 32.2 Å². The third kappa shape index (κ3) is 3.52. The molecular weight excluding hydrogens is 437 g/mol. The number of aliphatic carboxylic acids is 1. The Hall–Kier alpha value is -3.65. The molecule has 0 atom stereocenters. The lowest BCUT2D eigenvalue weighted by molar-refractivity contribution is -0.137. The van der Waals surface area contributed by atoms with Crippen molar-refractivity contribution in [1.29, 1.82) is 0 Å². The molecule has 5 rings (SSSR count). The zero-order chi connectivity index (χ0) is 22.4. The summed E-state index contributed by atoms with van der Waals surface area (Å²) < 4.78 is 43.4. The summed E-state index contributed by atoms with van der Waals surface area (Å²) in [6.07, 6.45) is 1.94. The molecule has 4 nitrogen and oxygen atoms in total. The van der Waals surface area contributed by atoms with Crippen molar-refractivity contribution < 1.29 is 23.1 Å². The molecule has 0 fully saturated rings. The van der Waals surface area contributed by atoms with Gasteiger partial charge in [-0.1, -0.05) is 36.4 Å². The number of thiazole rings is 1. The van der Waals surface area contributed by atoms with Crippen molar-refractivity contribution in [2.75, 3.05) is 0 Å². The van der Waals surface area contributed by atoms with E-state index < -0.39 is 23.4 Å². The van der Waals surface area contributed by atoms with Crippen molar-refractivity contribution in [2.24, 2.45) is 0 Å². The maximum absolute atomic E-state index is 14.1. The number of aromatic nitrogens is 2. The number of benzene rings is 3. The van der Waals surface area contributed by atoms with Gasteiger partial charge in [0.15, 0.2) is 11.6 Å². The first kappa shape index (κ1) is 20.3. The minimum absolute atomic E-state index is 0.0434. The molecule has 0 saturated carbocycles. The number of halogens is 3. The second-order valence-corrected chi connectivity index (χ2v) is 8.47. The molecule has 5 aromatic rings. The van der Waals surface area contributed by atoms with Gasteiger partial charge in [0.25, 0.3) is 0 Å². The van der Waals surface area contributed by atoms with Gasteiger partial charge in [-0.2, -0.15) is 0 Å². The molecule has 0 unspecified atom stereocenters. The van der Waals surface area contributed by atoms with E-state index >= 15 is 0 Å². The Morgan fingerprint density at radius 2 is 1.78 bits per heavy atom. The Balaban J connectivity index is 1.64. The van der Waals surface area contributed by atoms with E-state index in [0.29, 0.717) is 11.1 Å². The van der Waals surface area contributed by atoms with Crippen molar-refractivity contribution in [1.82, 2.24) is 9.55 Å². The summed E-state index contributed by atoms with van der Waals surface area (Å²) in [6.45, 7) is -0.227. The lowest BCUT2D eigenvalue weighted by Crippen LogP contribution is -2.07. The van der Waals surface area contributed by atoms with Gasteiger partial charge in [0.2, 0.25) is 0 Å². The van der Waals surface area contributed by atoms with Crippen LogP contribution in [0.15, 0.2) is 60.8 Å². The number of fused-ring (bicyclic) bond motifs is 2. The van der Waals surface area contributed by atoms with E-state index in [4.69, 9.17) is 0 Å². The molecule has 0 saturated heterocycles. The third-order valence-corrected chi connectivity index (χ3v) is 6.34. The fourth-order valence-electron chi connectivity index (χ4n) is 3.87. The quantitative estimate of drug-likeness (QED) is 0.332. The average molecular weight is 452 g/mol. The van der Waals surface area contributed by atoms with Crippen LogP contribution in [0.2, 0.25) is 0 Å². The molecule has 0 aliphatic heterocycles. The lowest BCUT2D eigenvalue weighted by Gasteiger charge is -2.05. The summed E-state index contributed by atoms with van der Waals surface area (Å²) in [6, 6.07) is 16.0. The summed E-state index contributed by atoms with van der Waals surface area (Å²) in [7, 11) is 0. The van der Waals surface area contributed by atoms with Gasteiger partial charge in [-0.25, -0.2) is 18.2 Å². The van der Waals surface area contributed by atoms with E-state index in [1.165, 1.54) is 0 Å². The first-order valence-electron chi connectivity index (χ1n) is 9.72. The first-order valence-corrected chi connectivity index (χ1v) is 10.5. The molecule has 3 aromatic carbocycles. The van der Waals surface area contributed by atoms with E-state index in [1.54, 1.807) is 10.8 Å². The molecule has 2 aromatic heterocycles. The fraction of sp³-hybridized carbons (Fsp3) is 0.0833. The molecule has 0 bridgehead atoms. The van der Waals surface area contributed by atoms with Crippen LogP contribution in [0.5, 0.6) is 0 Å². The number of nitrogens with zero attached hydrogens (tertiary/aromatic N) is 2. The highest BCUT2D eigenvalue weighted by molar-refractivity contribution is 7.18. The number of hydrogen-bond donors (Lipinski definition) is 1. The minimum Gasteiger partial charge on any atom is -0.480 e. The number of carboxylic acid groups (broad SMARTS) is 1. The highest BCUT2D eigenvalue weighted by Crippen LogP contribution is 2.33.